The van der Waals surface area contributed by atoms with Crippen LogP contribution in [0.2, 0.25) is 0 Å². The van der Waals surface area contributed by atoms with Gasteiger partial charge in [-0.15, -0.1) is 0 Å². The third kappa shape index (κ3) is 1.29. The number of aldehydes is 1. The molecule has 1 nitrogen and oxygen atoms in total. The molecule has 0 aliphatic heterocycles. The van der Waals surface area contributed by atoms with E-state index in [1.165, 1.54) is 0 Å². The first-order valence-corrected chi connectivity index (χ1v) is 2.85. The van der Waals surface area contributed by atoms with Gasteiger partial charge in [0.2, 0.25) is 0 Å². The van der Waals surface area contributed by atoms with E-state index in [0.717, 1.165) is 12.1 Å². The van der Waals surface area contributed by atoms with E-state index in [-0.39, 0.29) is 6.29 Å². The Morgan fingerprint density at radius 2 is 1.82 bits per heavy atom. The van der Waals surface area contributed by atoms with Crippen LogP contribution in [0.3, 0.4) is 0 Å². The zero-order chi connectivity index (χ0) is 8.43. The van der Waals surface area contributed by atoms with E-state index in [0.29, 0.717) is 0 Å². The third-order valence-corrected chi connectivity index (χ3v) is 1.30. The molecular weight excluding hydrogens is 149 g/mol. The summed E-state index contributed by atoms with van der Waals surface area (Å²) in [6, 6.07) is 1.73. The maximum Gasteiger partial charge on any atom is 0.152 e. The first-order chi connectivity index (χ1) is 5.16. The fraction of sp³-hybridized carbons (Fsp3) is 0. The second kappa shape index (κ2) is 2.82. The molecule has 0 heterocycles. The molecular formula is C7H3BF2O. The van der Waals surface area contributed by atoms with Crippen LogP contribution in [0, 0.1) is 11.6 Å². The van der Waals surface area contributed by atoms with Crippen molar-refractivity contribution < 1.29 is 13.6 Å². The predicted octanol–water partition coefficient (Wildman–Crippen LogP) is 0.571. The van der Waals surface area contributed by atoms with Crippen molar-refractivity contribution >= 4 is 19.6 Å². The molecule has 0 saturated carbocycles. The molecule has 2 radical (unpaired) electrons. The minimum atomic E-state index is -0.807. The molecule has 0 N–H and O–H groups in total. The lowest BCUT2D eigenvalue weighted by molar-refractivity contribution is 0.112. The van der Waals surface area contributed by atoms with Crippen LogP contribution < -0.4 is 5.46 Å². The van der Waals surface area contributed by atoms with Gasteiger partial charge in [0.15, 0.2) is 6.29 Å². The molecule has 4 heteroatoms. The predicted molar refractivity (Wildman–Crippen MR) is 37.1 cm³/mol. The van der Waals surface area contributed by atoms with Gasteiger partial charge in [-0.1, -0.05) is 0 Å². The van der Waals surface area contributed by atoms with Gasteiger partial charge in [-0.05, 0) is 17.6 Å². The summed E-state index contributed by atoms with van der Waals surface area (Å²) in [5, 5.41) is 0. The first-order valence-electron chi connectivity index (χ1n) is 2.85. The van der Waals surface area contributed by atoms with Gasteiger partial charge in [-0.25, -0.2) is 8.78 Å². The van der Waals surface area contributed by atoms with Gasteiger partial charge in [0, 0.05) is 5.56 Å². The summed E-state index contributed by atoms with van der Waals surface area (Å²) in [7, 11) is 5.05. The van der Waals surface area contributed by atoms with Crippen LogP contribution >= 0.6 is 0 Å². The van der Waals surface area contributed by atoms with Crippen LogP contribution in [0.25, 0.3) is 0 Å². The van der Waals surface area contributed by atoms with Crippen LogP contribution in [0.1, 0.15) is 10.4 Å². The zero-order valence-corrected chi connectivity index (χ0v) is 5.47. The lowest BCUT2D eigenvalue weighted by Crippen LogP contribution is -2.16. The van der Waals surface area contributed by atoms with Crippen molar-refractivity contribution in [2.24, 2.45) is 0 Å². The molecule has 0 saturated heterocycles. The quantitative estimate of drug-likeness (QED) is 0.424. The van der Waals surface area contributed by atoms with E-state index in [2.05, 4.69) is 0 Å². The molecule has 1 rings (SSSR count). The van der Waals surface area contributed by atoms with Crippen molar-refractivity contribution in [2.45, 2.75) is 0 Å². The fourth-order valence-electron chi connectivity index (χ4n) is 0.703. The minimum Gasteiger partial charge on any atom is -0.298 e. The smallest absolute Gasteiger partial charge is 0.152 e. The number of halogens is 2. The van der Waals surface area contributed by atoms with Crippen LogP contribution in [0.15, 0.2) is 12.1 Å². The van der Waals surface area contributed by atoms with Crippen molar-refractivity contribution in [2.75, 3.05) is 0 Å². The zero-order valence-electron chi connectivity index (χ0n) is 5.47. The fourth-order valence-corrected chi connectivity index (χ4v) is 0.703. The van der Waals surface area contributed by atoms with Gasteiger partial charge in [-0.3, -0.25) is 4.79 Å². The summed E-state index contributed by atoms with van der Waals surface area (Å²) >= 11 is 0. The molecule has 0 amide bonds. The van der Waals surface area contributed by atoms with Crippen molar-refractivity contribution in [3.63, 3.8) is 0 Å². The van der Waals surface area contributed by atoms with E-state index in [1.54, 1.807) is 0 Å². The lowest BCUT2D eigenvalue weighted by atomic mass is 9.90. The molecule has 0 unspecified atom stereocenters. The molecule has 0 atom stereocenters. The van der Waals surface area contributed by atoms with E-state index < -0.39 is 22.7 Å². The molecule has 1 aromatic rings. The highest BCUT2D eigenvalue weighted by Gasteiger charge is 2.07. The molecule has 0 spiro atoms. The van der Waals surface area contributed by atoms with E-state index in [4.69, 9.17) is 7.85 Å². The lowest BCUT2D eigenvalue weighted by Gasteiger charge is -2.00. The van der Waals surface area contributed by atoms with E-state index in [1.807, 2.05) is 0 Å². The topological polar surface area (TPSA) is 17.1 Å². The Kier molecular flexibility index (Phi) is 2.03. The molecule has 0 bridgehead atoms. The Morgan fingerprint density at radius 1 is 1.27 bits per heavy atom. The van der Waals surface area contributed by atoms with Crippen LogP contribution in [0.4, 0.5) is 8.78 Å². The Hall–Kier alpha value is -1.19. The number of carbonyl (C=O) groups is 1. The Labute approximate surface area is 63.4 Å². The number of carbonyl (C=O) groups excluding carboxylic acids is 1. The Balaban J connectivity index is 3.40. The third-order valence-electron chi connectivity index (χ3n) is 1.30. The van der Waals surface area contributed by atoms with Crippen LogP contribution in [-0.4, -0.2) is 14.1 Å². The molecule has 0 aromatic heterocycles. The molecule has 0 aliphatic rings. The number of hydrogen-bond acceptors (Lipinski definition) is 1. The van der Waals surface area contributed by atoms with Gasteiger partial charge < -0.3 is 0 Å². The highest BCUT2D eigenvalue weighted by atomic mass is 19.1. The van der Waals surface area contributed by atoms with Crippen LogP contribution in [0.5, 0.6) is 0 Å². The summed E-state index contributed by atoms with van der Waals surface area (Å²) in [6.07, 6.45) is 0.188. The summed E-state index contributed by atoms with van der Waals surface area (Å²) in [4.78, 5) is 10.1. The van der Waals surface area contributed by atoms with Gasteiger partial charge >= 0.3 is 0 Å². The van der Waals surface area contributed by atoms with Gasteiger partial charge in [-0.2, -0.15) is 0 Å². The number of rotatable bonds is 1. The Morgan fingerprint density at radius 3 is 2.27 bits per heavy atom. The summed E-state index contributed by atoms with van der Waals surface area (Å²) in [5.41, 5.74) is -0.870. The SMILES string of the molecule is [B]c1c(F)ccc(F)c1C=O. The van der Waals surface area contributed by atoms with E-state index in [9.17, 15) is 13.6 Å². The maximum atomic E-state index is 12.6. The number of hydrogen-bond donors (Lipinski definition) is 0. The molecule has 11 heavy (non-hydrogen) atoms. The normalized spacial score (nSPS) is 9.64. The van der Waals surface area contributed by atoms with Gasteiger partial charge in [0.05, 0.1) is 0 Å². The number of benzene rings is 1. The maximum absolute atomic E-state index is 12.6. The molecule has 0 fully saturated rings. The summed E-state index contributed by atoms with van der Waals surface area (Å²) < 4.78 is 25.0. The second-order valence-corrected chi connectivity index (χ2v) is 1.97. The molecule has 54 valence electrons. The van der Waals surface area contributed by atoms with Crippen molar-refractivity contribution in [3.05, 3.63) is 29.3 Å². The standard InChI is InChI=1S/C7H3BF2O/c8-7-4(3-11)5(9)1-2-6(7)10/h1-3H. The summed E-state index contributed by atoms with van der Waals surface area (Å²) in [5.74, 6) is -1.59. The highest BCUT2D eigenvalue weighted by Crippen LogP contribution is 2.03. The van der Waals surface area contributed by atoms with Gasteiger partial charge in [0.1, 0.15) is 19.5 Å². The highest BCUT2D eigenvalue weighted by molar-refractivity contribution is 6.35. The molecule has 0 aliphatic carbocycles. The Bertz CT molecular complexity index is 299. The van der Waals surface area contributed by atoms with Crippen molar-refractivity contribution in [1.29, 1.82) is 0 Å². The molecule has 1 aromatic carbocycles. The average molecular weight is 152 g/mol. The minimum absolute atomic E-state index is 0.188. The largest absolute Gasteiger partial charge is 0.298 e. The first kappa shape index (κ1) is 7.92. The van der Waals surface area contributed by atoms with Crippen molar-refractivity contribution in [3.8, 4) is 0 Å². The summed E-state index contributed by atoms with van der Waals surface area (Å²) in [6.45, 7) is 0. The monoisotopic (exact) mass is 152 g/mol. The second-order valence-electron chi connectivity index (χ2n) is 1.97. The average Bonchev–Trinajstić information content (AvgIpc) is 1.99. The van der Waals surface area contributed by atoms with E-state index >= 15 is 0 Å². The van der Waals surface area contributed by atoms with Gasteiger partial charge in [0.25, 0.3) is 0 Å². The van der Waals surface area contributed by atoms with Crippen molar-refractivity contribution in [1.82, 2.24) is 0 Å². The van der Waals surface area contributed by atoms with Crippen LogP contribution in [-0.2, 0) is 0 Å².